The van der Waals surface area contributed by atoms with E-state index in [0.29, 0.717) is 11.4 Å². The Morgan fingerprint density at radius 2 is 1.65 bits per heavy atom. The van der Waals surface area contributed by atoms with Gasteiger partial charge >= 0.3 is 0 Å². The molecule has 118 valence electrons. The number of imidazole rings is 1. The fourth-order valence-electron chi connectivity index (χ4n) is 2.37. The van der Waals surface area contributed by atoms with Gasteiger partial charge < -0.3 is 14.5 Å². The Kier molecular flexibility index (Phi) is 4.48. The van der Waals surface area contributed by atoms with E-state index in [1.54, 1.807) is 7.11 Å². The van der Waals surface area contributed by atoms with Crippen LogP contribution in [0.3, 0.4) is 0 Å². The summed E-state index contributed by atoms with van der Waals surface area (Å²) in [6.07, 6.45) is 2.00. The topological polar surface area (TPSA) is 39.2 Å². The Morgan fingerprint density at radius 3 is 2.26 bits per heavy atom. The molecule has 0 unspecified atom stereocenters. The van der Waals surface area contributed by atoms with Crippen LogP contribution in [0.15, 0.2) is 54.7 Å². The lowest BCUT2D eigenvalue weighted by Gasteiger charge is -2.04. The monoisotopic (exact) mass is 326 g/mol. The first kappa shape index (κ1) is 15.4. The number of nitrogens with one attached hydrogen (secondary N) is 1. The molecular formula is C18H18N2O2S. The third kappa shape index (κ3) is 3.29. The quantitative estimate of drug-likeness (QED) is 0.696. The molecule has 0 aliphatic rings. The van der Waals surface area contributed by atoms with Crippen LogP contribution in [0.1, 0.15) is 6.92 Å². The molecule has 1 heterocycles. The van der Waals surface area contributed by atoms with Gasteiger partial charge in [-0.25, -0.2) is 0 Å². The first-order valence-electron chi connectivity index (χ1n) is 7.40. The maximum Gasteiger partial charge on any atom is 0.182 e. The minimum Gasteiger partial charge on any atom is -0.497 e. The van der Waals surface area contributed by atoms with Gasteiger partial charge in [-0.3, -0.25) is 4.57 Å². The van der Waals surface area contributed by atoms with E-state index < -0.39 is 0 Å². The average molecular weight is 326 g/mol. The maximum absolute atomic E-state index is 5.47. The molecule has 1 aromatic heterocycles. The van der Waals surface area contributed by atoms with Gasteiger partial charge in [0.05, 0.1) is 19.4 Å². The van der Waals surface area contributed by atoms with E-state index in [0.717, 1.165) is 28.4 Å². The molecule has 0 bridgehead atoms. The Labute approximate surface area is 140 Å². The summed E-state index contributed by atoms with van der Waals surface area (Å²) < 4.78 is 13.3. The van der Waals surface area contributed by atoms with Crippen LogP contribution in [-0.2, 0) is 0 Å². The highest BCUT2D eigenvalue weighted by Crippen LogP contribution is 2.23. The first-order valence-corrected chi connectivity index (χ1v) is 7.81. The predicted molar refractivity (Wildman–Crippen MR) is 94.1 cm³/mol. The molecule has 3 rings (SSSR count). The smallest absolute Gasteiger partial charge is 0.182 e. The van der Waals surface area contributed by atoms with Crippen LogP contribution < -0.4 is 9.47 Å². The normalized spacial score (nSPS) is 10.5. The van der Waals surface area contributed by atoms with Crippen molar-refractivity contribution in [1.82, 2.24) is 9.55 Å². The van der Waals surface area contributed by atoms with Gasteiger partial charge in [-0.15, -0.1) is 0 Å². The van der Waals surface area contributed by atoms with Crippen LogP contribution in [0, 0.1) is 4.77 Å². The number of aromatic amines is 1. The summed E-state index contributed by atoms with van der Waals surface area (Å²) in [5, 5.41) is 0. The van der Waals surface area contributed by atoms with Crippen molar-refractivity contribution in [3.8, 4) is 28.4 Å². The number of nitrogens with zero attached hydrogens (tertiary/aromatic N) is 1. The molecule has 0 atom stereocenters. The van der Waals surface area contributed by atoms with E-state index in [9.17, 15) is 0 Å². The summed E-state index contributed by atoms with van der Waals surface area (Å²) in [6, 6.07) is 15.7. The minimum absolute atomic E-state index is 0.652. The zero-order valence-electron chi connectivity index (χ0n) is 13.1. The fourth-order valence-corrected chi connectivity index (χ4v) is 2.64. The molecule has 23 heavy (non-hydrogen) atoms. The second-order valence-corrected chi connectivity index (χ2v) is 5.39. The zero-order chi connectivity index (χ0) is 16.2. The molecular weight excluding hydrogens is 308 g/mol. The Bertz CT molecular complexity index is 833. The number of benzene rings is 2. The molecule has 0 amide bonds. The van der Waals surface area contributed by atoms with Crippen LogP contribution in [-0.4, -0.2) is 23.3 Å². The van der Waals surface area contributed by atoms with Crippen molar-refractivity contribution in [1.29, 1.82) is 0 Å². The van der Waals surface area contributed by atoms with Crippen LogP contribution in [0.5, 0.6) is 11.5 Å². The number of hydrogen-bond donors (Lipinski definition) is 1. The van der Waals surface area contributed by atoms with Crippen molar-refractivity contribution >= 4 is 12.2 Å². The molecule has 4 nitrogen and oxygen atoms in total. The van der Waals surface area contributed by atoms with Crippen LogP contribution in [0.4, 0.5) is 0 Å². The van der Waals surface area contributed by atoms with Gasteiger partial charge in [-0.1, -0.05) is 0 Å². The van der Waals surface area contributed by atoms with Crippen LogP contribution in [0.2, 0.25) is 0 Å². The highest BCUT2D eigenvalue weighted by molar-refractivity contribution is 7.71. The molecule has 0 spiro atoms. The molecule has 0 aliphatic carbocycles. The molecule has 0 aliphatic heterocycles. The standard InChI is InChI=1S/C18H18N2O2S/c1-3-22-16-8-4-13(5-9-16)17-12-20(18(23)19-17)14-6-10-15(21-2)11-7-14/h4-12H,3H2,1-2H3,(H,19,23). The molecule has 0 saturated heterocycles. The first-order chi connectivity index (χ1) is 11.2. The van der Waals surface area contributed by atoms with Crippen LogP contribution in [0.25, 0.3) is 16.9 Å². The van der Waals surface area contributed by atoms with Gasteiger partial charge in [-0.2, -0.15) is 0 Å². The predicted octanol–water partition coefficient (Wildman–Crippen LogP) is 4.61. The van der Waals surface area contributed by atoms with Gasteiger partial charge in [0, 0.05) is 11.9 Å². The Morgan fingerprint density at radius 1 is 1.00 bits per heavy atom. The van der Waals surface area contributed by atoms with E-state index in [2.05, 4.69) is 4.98 Å². The summed E-state index contributed by atoms with van der Waals surface area (Å²) >= 11 is 5.43. The fraction of sp³-hybridized carbons (Fsp3) is 0.167. The van der Waals surface area contributed by atoms with Crippen molar-refractivity contribution in [2.24, 2.45) is 0 Å². The summed E-state index contributed by atoms with van der Waals surface area (Å²) in [6.45, 7) is 2.63. The molecule has 0 fully saturated rings. The maximum atomic E-state index is 5.47. The van der Waals surface area contributed by atoms with Crippen molar-refractivity contribution < 1.29 is 9.47 Å². The minimum atomic E-state index is 0.652. The van der Waals surface area contributed by atoms with Gasteiger partial charge in [0.25, 0.3) is 0 Å². The lowest BCUT2D eigenvalue weighted by atomic mass is 10.1. The number of methoxy groups -OCH3 is 1. The van der Waals surface area contributed by atoms with E-state index in [1.165, 1.54) is 0 Å². The third-order valence-corrected chi connectivity index (χ3v) is 3.84. The molecule has 5 heteroatoms. The molecule has 1 N–H and O–H groups in total. The van der Waals surface area contributed by atoms with E-state index in [4.69, 9.17) is 21.7 Å². The van der Waals surface area contributed by atoms with Gasteiger partial charge in [0.1, 0.15) is 11.5 Å². The lowest BCUT2D eigenvalue weighted by Crippen LogP contribution is -1.92. The Balaban J connectivity index is 1.92. The van der Waals surface area contributed by atoms with Gasteiger partial charge in [0.15, 0.2) is 4.77 Å². The summed E-state index contributed by atoms with van der Waals surface area (Å²) in [7, 11) is 1.65. The van der Waals surface area contributed by atoms with Crippen molar-refractivity contribution in [3.05, 3.63) is 59.5 Å². The van der Waals surface area contributed by atoms with E-state index in [-0.39, 0.29) is 0 Å². The number of hydrogen-bond acceptors (Lipinski definition) is 3. The zero-order valence-corrected chi connectivity index (χ0v) is 13.9. The molecule has 0 saturated carbocycles. The number of H-pyrrole nitrogens is 1. The average Bonchev–Trinajstić information content (AvgIpc) is 2.98. The SMILES string of the molecule is CCOc1ccc(-c2cn(-c3ccc(OC)cc3)c(=S)[nH]2)cc1. The van der Waals surface area contributed by atoms with Crippen LogP contribution >= 0.6 is 12.2 Å². The molecule has 2 aromatic carbocycles. The second kappa shape index (κ2) is 6.71. The Hall–Kier alpha value is -2.53. The number of ether oxygens (including phenoxy) is 2. The number of rotatable bonds is 5. The van der Waals surface area contributed by atoms with Crippen molar-refractivity contribution in [2.45, 2.75) is 6.92 Å². The van der Waals surface area contributed by atoms with Crippen molar-refractivity contribution in [2.75, 3.05) is 13.7 Å². The summed E-state index contributed by atoms with van der Waals surface area (Å²) in [5.41, 5.74) is 3.02. The molecule has 0 radical (unpaired) electrons. The van der Waals surface area contributed by atoms with E-state index >= 15 is 0 Å². The third-order valence-electron chi connectivity index (χ3n) is 3.55. The largest absolute Gasteiger partial charge is 0.497 e. The molecule has 3 aromatic rings. The summed E-state index contributed by atoms with van der Waals surface area (Å²) in [4.78, 5) is 3.25. The lowest BCUT2D eigenvalue weighted by molar-refractivity contribution is 0.340. The van der Waals surface area contributed by atoms with Gasteiger partial charge in [0.2, 0.25) is 0 Å². The second-order valence-electron chi connectivity index (χ2n) is 5.00. The highest BCUT2D eigenvalue weighted by atomic mass is 32.1. The highest BCUT2D eigenvalue weighted by Gasteiger charge is 2.06. The number of aromatic nitrogens is 2. The summed E-state index contributed by atoms with van der Waals surface area (Å²) in [5.74, 6) is 1.69. The van der Waals surface area contributed by atoms with Gasteiger partial charge in [-0.05, 0) is 73.2 Å². The van der Waals surface area contributed by atoms with Crippen molar-refractivity contribution in [3.63, 3.8) is 0 Å². The van der Waals surface area contributed by atoms with E-state index in [1.807, 2.05) is 66.2 Å².